The fraction of sp³-hybridized carbons (Fsp3) is 0.353. The highest BCUT2D eigenvalue weighted by atomic mass is 32.2. The van der Waals surface area contributed by atoms with Gasteiger partial charge in [0, 0.05) is 17.4 Å². The van der Waals surface area contributed by atoms with Gasteiger partial charge in [0.1, 0.15) is 5.52 Å². The molecular weight excluding hydrogens is 366 g/mol. The van der Waals surface area contributed by atoms with Crippen LogP contribution in [0.3, 0.4) is 0 Å². The lowest BCUT2D eigenvalue weighted by molar-refractivity contribution is 0.607. The minimum absolute atomic E-state index is 0.411. The summed E-state index contributed by atoms with van der Waals surface area (Å²) < 4.78 is 25.0. The predicted molar refractivity (Wildman–Crippen MR) is 106 cm³/mol. The molecule has 1 fully saturated rings. The molecule has 1 aromatic carbocycles. The first-order valence-corrected chi connectivity index (χ1v) is 10.7. The van der Waals surface area contributed by atoms with E-state index in [4.69, 9.17) is 0 Å². The molecule has 0 amide bonds. The van der Waals surface area contributed by atoms with E-state index in [0.29, 0.717) is 29.1 Å². The van der Waals surface area contributed by atoms with E-state index in [1.807, 2.05) is 0 Å². The van der Waals surface area contributed by atoms with Gasteiger partial charge in [-0.3, -0.25) is 4.72 Å². The minimum atomic E-state index is -3.30. The highest BCUT2D eigenvalue weighted by Gasteiger charge is 2.18. The summed E-state index contributed by atoms with van der Waals surface area (Å²) in [6.45, 7) is 0. The average Bonchev–Trinajstić information content (AvgIpc) is 3.27. The summed E-state index contributed by atoms with van der Waals surface area (Å²) in [6.07, 6.45) is 7.44. The highest BCUT2D eigenvalue weighted by molar-refractivity contribution is 7.92. The van der Waals surface area contributed by atoms with Gasteiger partial charge in [0.2, 0.25) is 16.0 Å². The van der Waals surface area contributed by atoms with Crippen LogP contribution in [0.2, 0.25) is 0 Å². The van der Waals surface area contributed by atoms with Crippen LogP contribution in [0.15, 0.2) is 30.6 Å². The van der Waals surface area contributed by atoms with Crippen LogP contribution in [0.4, 0.5) is 23.1 Å². The van der Waals surface area contributed by atoms with Crippen LogP contribution in [-0.2, 0) is 10.0 Å². The Bertz CT molecular complexity index is 1040. The molecule has 1 aliphatic carbocycles. The van der Waals surface area contributed by atoms with Crippen molar-refractivity contribution in [3.05, 3.63) is 30.6 Å². The lowest BCUT2D eigenvalue weighted by atomic mass is 10.2. The van der Waals surface area contributed by atoms with Gasteiger partial charge in [-0.15, -0.1) is 0 Å². The van der Waals surface area contributed by atoms with Crippen molar-refractivity contribution >= 4 is 44.3 Å². The maximum Gasteiger partial charge on any atom is 0.231 e. The van der Waals surface area contributed by atoms with Crippen LogP contribution in [-0.4, -0.2) is 40.7 Å². The van der Waals surface area contributed by atoms with E-state index in [2.05, 4.69) is 35.3 Å². The van der Waals surface area contributed by atoms with Gasteiger partial charge in [-0.2, -0.15) is 9.97 Å². The second-order valence-corrected chi connectivity index (χ2v) is 8.45. The number of hydrogen-bond acceptors (Lipinski definition) is 7. The SMILES string of the molecule is CS(=O)(=O)Nc1ccc(Nc2nc(NC3CCCC3)c3nc[nH]c3n2)cc1. The van der Waals surface area contributed by atoms with E-state index in [1.54, 1.807) is 30.6 Å². The van der Waals surface area contributed by atoms with Gasteiger partial charge in [0.05, 0.1) is 12.6 Å². The number of hydrogen-bond donors (Lipinski definition) is 4. The van der Waals surface area contributed by atoms with E-state index in [9.17, 15) is 8.42 Å². The topological polar surface area (TPSA) is 125 Å². The molecule has 2 heterocycles. The lowest BCUT2D eigenvalue weighted by Gasteiger charge is -2.14. The molecular formula is C17H21N7O2S. The quantitative estimate of drug-likeness (QED) is 0.512. The number of nitrogens with one attached hydrogen (secondary N) is 4. The number of H-pyrrole nitrogens is 1. The maximum absolute atomic E-state index is 11.3. The zero-order valence-electron chi connectivity index (χ0n) is 14.9. The standard InChI is InChI=1S/C17H21N7O2S/c1-27(25,26)24-13-8-6-12(7-9-13)21-17-22-15-14(18-10-19-15)16(23-17)20-11-4-2-3-5-11/h6-11,24H,2-5H2,1H3,(H3,18,19,20,21,22,23). The van der Waals surface area contributed by atoms with Crippen LogP contribution in [0.5, 0.6) is 0 Å². The molecule has 9 nitrogen and oxygen atoms in total. The number of imidazole rings is 1. The van der Waals surface area contributed by atoms with Gasteiger partial charge < -0.3 is 15.6 Å². The molecule has 4 N–H and O–H groups in total. The van der Waals surface area contributed by atoms with E-state index >= 15 is 0 Å². The Kier molecular flexibility index (Phi) is 4.56. The van der Waals surface area contributed by atoms with Crippen LogP contribution in [0, 0.1) is 0 Å². The molecule has 0 saturated heterocycles. The first-order chi connectivity index (χ1) is 13.0. The number of fused-ring (bicyclic) bond motifs is 1. The number of nitrogens with zero attached hydrogens (tertiary/aromatic N) is 3. The minimum Gasteiger partial charge on any atom is -0.365 e. The third-order valence-electron chi connectivity index (χ3n) is 4.42. The van der Waals surface area contributed by atoms with Crippen molar-refractivity contribution in [1.29, 1.82) is 0 Å². The van der Waals surface area contributed by atoms with E-state index in [0.717, 1.165) is 30.3 Å². The van der Waals surface area contributed by atoms with Gasteiger partial charge in [-0.1, -0.05) is 12.8 Å². The number of aromatic amines is 1. The Morgan fingerprint density at radius 3 is 2.48 bits per heavy atom. The van der Waals surface area contributed by atoms with Crippen molar-refractivity contribution < 1.29 is 8.42 Å². The summed E-state index contributed by atoms with van der Waals surface area (Å²) >= 11 is 0. The Balaban J connectivity index is 1.56. The first kappa shape index (κ1) is 17.5. The molecule has 10 heteroatoms. The Labute approximate surface area is 157 Å². The zero-order chi connectivity index (χ0) is 18.9. The molecule has 0 spiro atoms. The van der Waals surface area contributed by atoms with E-state index in [1.165, 1.54) is 12.8 Å². The molecule has 0 atom stereocenters. The number of sulfonamides is 1. The zero-order valence-corrected chi connectivity index (χ0v) is 15.7. The fourth-order valence-electron chi connectivity index (χ4n) is 3.22. The summed E-state index contributed by atoms with van der Waals surface area (Å²) in [4.78, 5) is 16.4. The second-order valence-electron chi connectivity index (χ2n) is 6.70. The van der Waals surface area contributed by atoms with E-state index in [-0.39, 0.29) is 0 Å². The second kappa shape index (κ2) is 7.03. The van der Waals surface area contributed by atoms with Crippen molar-refractivity contribution in [3.8, 4) is 0 Å². The molecule has 4 rings (SSSR count). The molecule has 1 saturated carbocycles. The van der Waals surface area contributed by atoms with Crippen LogP contribution >= 0.6 is 0 Å². The van der Waals surface area contributed by atoms with Gasteiger partial charge >= 0.3 is 0 Å². The highest BCUT2D eigenvalue weighted by Crippen LogP contribution is 2.26. The predicted octanol–water partition coefficient (Wildman–Crippen LogP) is 2.82. The van der Waals surface area contributed by atoms with Crippen molar-refractivity contribution in [2.24, 2.45) is 0 Å². The molecule has 27 heavy (non-hydrogen) atoms. The van der Waals surface area contributed by atoms with Crippen LogP contribution < -0.4 is 15.4 Å². The van der Waals surface area contributed by atoms with Gasteiger partial charge in [0.25, 0.3) is 0 Å². The van der Waals surface area contributed by atoms with Crippen molar-refractivity contribution in [2.75, 3.05) is 21.6 Å². The fourth-order valence-corrected chi connectivity index (χ4v) is 3.78. The molecule has 142 valence electrons. The Morgan fingerprint density at radius 1 is 1.07 bits per heavy atom. The van der Waals surface area contributed by atoms with Gasteiger partial charge in [-0.25, -0.2) is 13.4 Å². The normalized spacial score (nSPS) is 15.1. The molecule has 2 aromatic heterocycles. The van der Waals surface area contributed by atoms with Crippen LogP contribution in [0.25, 0.3) is 11.2 Å². The third-order valence-corrected chi connectivity index (χ3v) is 5.03. The van der Waals surface area contributed by atoms with Gasteiger partial charge in [-0.05, 0) is 37.1 Å². The Morgan fingerprint density at radius 2 is 1.78 bits per heavy atom. The summed E-state index contributed by atoms with van der Waals surface area (Å²) in [5, 5.41) is 6.63. The van der Waals surface area contributed by atoms with Crippen molar-refractivity contribution in [1.82, 2.24) is 19.9 Å². The van der Waals surface area contributed by atoms with Crippen molar-refractivity contribution in [2.45, 2.75) is 31.7 Å². The number of benzene rings is 1. The molecule has 3 aromatic rings. The van der Waals surface area contributed by atoms with E-state index < -0.39 is 10.0 Å². The maximum atomic E-state index is 11.3. The lowest BCUT2D eigenvalue weighted by Crippen LogP contribution is -2.16. The summed E-state index contributed by atoms with van der Waals surface area (Å²) in [5.74, 6) is 1.15. The molecule has 0 bridgehead atoms. The summed E-state index contributed by atoms with van der Waals surface area (Å²) in [7, 11) is -3.30. The summed E-state index contributed by atoms with van der Waals surface area (Å²) in [5.41, 5.74) is 2.62. The molecule has 1 aliphatic rings. The summed E-state index contributed by atoms with van der Waals surface area (Å²) in [6, 6.07) is 7.29. The number of rotatable bonds is 6. The average molecular weight is 387 g/mol. The third kappa shape index (κ3) is 4.27. The largest absolute Gasteiger partial charge is 0.365 e. The number of aromatic nitrogens is 4. The monoisotopic (exact) mass is 387 g/mol. The van der Waals surface area contributed by atoms with Gasteiger partial charge in [0.15, 0.2) is 11.5 Å². The molecule has 0 unspecified atom stereocenters. The number of anilines is 4. The Hall–Kier alpha value is -2.88. The molecule has 0 aliphatic heterocycles. The molecule has 0 radical (unpaired) electrons. The van der Waals surface area contributed by atoms with Crippen LogP contribution in [0.1, 0.15) is 25.7 Å². The van der Waals surface area contributed by atoms with Crippen molar-refractivity contribution in [3.63, 3.8) is 0 Å². The first-order valence-electron chi connectivity index (χ1n) is 8.79. The smallest absolute Gasteiger partial charge is 0.231 e.